The van der Waals surface area contributed by atoms with E-state index in [9.17, 15) is 9.59 Å². The van der Waals surface area contributed by atoms with E-state index in [1.54, 1.807) is 18.5 Å². The summed E-state index contributed by atoms with van der Waals surface area (Å²) in [6.07, 6.45) is 5.83. The van der Waals surface area contributed by atoms with Crippen LogP contribution in [0.15, 0.2) is 35.1 Å². The van der Waals surface area contributed by atoms with Gasteiger partial charge in [-0.15, -0.1) is 0 Å². The average Bonchev–Trinajstić information content (AvgIpc) is 3.03. The van der Waals surface area contributed by atoms with Gasteiger partial charge < -0.3 is 20.0 Å². The molecule has 138 valence electrons. The van der Waals surface area contributed by atoms with E-state index in [2.05, 4.69) is 15.7 Å². The smallest absolute Gasteiger partial charge is 0.234 e. The van der Waals surface area contributed by atoms with Crippen molar-refractivity contribution in [3.8, 4) is 0 Å². The maximum Gasteiger partial charge on any atom is 0.234 e. The van der Waals surface area contributed by atoms with Gasteiger partial charge >= 0.3 is 0 Å². The SMILES string of the molecule is Cn1nccc1[C@H]1[C@H](NCC(=O)NCc2ccco2)CC(=O)N1C1CC1. The lowest BCUT2D eigenvalue weighted by atomic mass is 10.1. The highest BCUT2D eigenvalue weighted by Gasteiger charge is 2.48. The van der Waals surface area contributed by atoms with Crippen molar-refractivity contribution in [2.24, 2.45) is 7.05 Å². The molecule has 0 bridgehead atoms. The molecule has 0 radical (unpaired) electrons. The fourth-order valence-electron chi connectivity index (χ4n) is 3.63. The van der Waals surface area contributed by atoms with Crippen molar-refractivity contribution in [2.75, 3.05) is 6.54 Å². The highest BCUT2D eigenvalue weighted by molar-refractivity contribution is 5.82. The van der Waals surface area contributed by atoms with Crippen molar-refractivity contribution in [1.29, 1.82) is 0 Å². The number of carbonyl (C=O) groups is 2. The Labute approximate surface area is 151 Å². The van der Waals surface area contributed by atoms with Crippen LogP contribution in [0.3, 0.4) is 0 Å². The largest absolute Gasteiger partial charge is 0.467 e. The molecule has 26 heavy (non-hydrogen) atoms. The molecule has 2 fully saturated rings. The van der Waals surface area contributed by atoms with Crippen molar-refractivity contribution in [2.45, 2.75) is 43.9 Å². The van der Waals surface area contributed by atoms with Crippen LogP contribution in [0.5, 0.6) is 0 Å². The number of furan rings is 1. The predicted molar refractivity (Wildman–Crippen MR) is 92.8 cm³/mol. The lowest BCUT2D eigenvalue weighted by Gasteiger charge is -2.28. The average molecular weight is 357 g/mol. The number of aromatic nitrogens is 2. The third-order valence-corrected chi connectivity index (χ3v) is 5.03. The molecular formula is C18H23N5O3. The van der Waals surface area contributed by atoms with E-state index >= 15 is 0 Å². The number of hydrogen-bond donors (Lipinski definition) is 2. The molecule has 0 spiro atoms. The van der Waals surface area contributed by atoms with Crippen molar-refractivity contribution in [3.05, 3.63) is 42.1 Å². The minimum Gasteiger partial charge on any atom is -0.467 e. The highest BCUT2D eigenvalue weighted by atomic mass is 16.3. The van der Waals surface area contributed by atoms with E-state index in [-0.39, 0.29) is 30.4 Å². The van der Waals surface area contributed by atoms with Gasteiger partial charge in [-0.25, -0.2) is 0 Å². The fourth-order valence-corrected chi connectivity index (χ4v) is 3.63. The van der Waals surface area contributed by atoms with E-state index in [0.717, 1.165) is 18.5 Å². The van der Waals surface area contributed by atoms with E-state index in [0.29, 0.717) is 24.8 Å². The summed E-state index contributed by atoms with van der Waals surface area (Å²) in [4.78, 5) is 26.7. The summed E-state index contributed by atoms with van der Waals surface area (Å²) in [5, 5.41) is 10.3. The zero-order valence-corrected chi connectivity index (χ0v) is 14.7. The van der Waals surface area contributed by atoms with Crippen molar-refractivity contribution in [3.63, 3.8) is 0 Å². The van der Waals surface area contributed by atoms with Gasteiger partial charge in [-0.2, -0.15) is 5.10 Å². The molecule has 0 aromatic carbocycles. The van der Waals surface area contributed by atoms with Gasteiger partial charge in [0.2, 0.25) is 11.8 Å². The second-order valence-electron chi connectivity index (χ2n) is 6.90. The molecule has 2 aromatic heterocycles. The van der Waals surface area contributed by atoms with Crippen LogP contribution in [0.2, 0.25) is 0 Å². The Kier molecular flexibility index (Phi) is 4.50. The molecule has 2 amide bonds. The molecule has 0 unspecified atom stereocenters. The van der Waals surface area contributed by atoms with Gasteiger partial charge in [0.1, 0.15) is 5.76 Å². The Balaban J connectivity index is 1.40. The van der Waals surface area contributed by atoms with Gasteiger partial charge in [-0.1, -0.05) is 0 Å². The third-order valence-electron chi connectivity index (χ3n) is 5.03. The van der Waals surface area contributed by atoms with Gasteiger partial charge in [0.05, 0.1) is 31.1 Å². The molecule has 1 saturated carbocycles. The van der Waals surface area contributed by atoms with Crippen molar-refractivity contribution in [1.82, 2.24) is 25.3 Å². The molecule has 1 aliphatic carbocycles. The van der Waals surface area contributed by atoms with Crippen LogP contribution in [-0.4, -0.2) is 45.1 Å². The van der Waals surface area contributed by atoms with Gasteiger partial charge in [-0.3, -0.25) is 14.3 Å². The van der Waals surface area contributed by atoms with Crippen LogP contribution in [0.1, 0.15) is 36.8 Å². The van der Waals surface area contributed by atoms with E-state index in [1.165, 1.54) is 0 Å². The zero-order valence-electron chi connectivity index (χ0n) is 14.7. The third kappa shape index (κ3) is 3.37. The topological polar surface area (TPSA) is 92.4 Å². The Hall–Kier alpha value is -2.61. The number of rotatable bonds is 7. The molecule has 2 N–H and O–H groups in total. The molecule has 8 heteroatoms. The number of nitrogens with zero attached hydrogens (tertiary/aromatic N) is 3. The summed E-state index contributed by atoms with van der Waals surface area (Å²) in [7, 11) is 1.89. The highest BCUT2D eigenvalue weighted by Crippen LogP contribution is 2.41. The van der Waals surface area contributed by atoms with Crippen LogP contribution in [0.4, 0.5) is 0 Å². The van der Waals surface area contributed by atoms with Gasteiger partial charge in [0.25, 0.3) is 0 Å². The molecular weight excluding hydrogens is 334 g/mol. The van der Waals surface area contributed by atoms with Gasteiger partial charge in [-0.05, 0) is 31.0 Å². The minimum atomic E-state index is -0.123. The number of hydrogen-bond acceptors (Lipinski definition) is 5. The first-order valence-corrected chi connectivity index (χ1v) is 8.95. The maximum atomic E-state index is 12.6. The number of likely N-dealkylation sites (tertiary alicyclic amines) is 1. The molecule has 2 aromatic rings. The quantitative estimate of drug-likeness (QED) is 0.762. The summed E-state index contributed by atoms with van der Waals surface area (Å²) in [5.74, 6) is 0.733. The first-order valence-electron chi connectivity index (χ1n) is 8.95. The van der Waals surface area contributed by atoms with E-state index in [1.807, 2.05) is 28.8 Å². The van der Waals surface area contributed by atoms with E-state index in [4.69, 9.17) is 4.42 Å². The first-order chi connectivity index (χ1) is 12.6. The number of aryl methyl sites for hydroxylation is 1. The molecule has 2 aliphatic rings. The summed E-state index contributed by atoms with van der Waals surface area (Å²) in [6.45, 7) is 0.516. The maximum absolute atomic E-state index is 12.6. The zero-order chi connectivity index (χ0) is 18.1. The minimum absolute atomic E-state index is 0.0830. The summed E-state index contributed by atoms with van der Waals surface area (Å²) >= 11 is 0. The van der Waals surface area contributed by atoms with Crippen LogP contribution in [0, 0.1) is 0 Å². The Bertz CT molecular complexity index is 781. The predicted octanol–water partition coefficient (Wildman–Crippen LogP) is 0.724. The summed E-state index contributed by atoms with van der Waals surface area (Å²) in [5.41, 5.74) is 0.997. The second-order valence-corrected chi connectivity index (χ2v) is 6.90. The number of carbonyl (C=O) groups excluding carboxylic acids is 2. The van der Waals surface area contributed by atoms with Crippen LogP contribution < -0.4 is 10.6 Å². The van der Waals surface area contributed by atoms with Crippen LogP contribution in [-0.2, 0) is 23.2 Å². The van der Waals surface area contributed by atoms with Crippen molar-refractivity contribution < 1.29 is 14.0 Å². The Morgan fingerprint density at radius 2 is 2.23 bits per heavy atom. The molecule has 2 atom stereocenters. The lowest BCUT2D eigenvalue weighted by Crippen LogP contribution is -2.43. The van der Waals surface area contributed by atoms with Gasteiger partial charge in [0, 0.05) is 31.7 Å². The van der Waals surface area contributed by atoms with Gasteiger partial charge in [0.15, 0.2) is 0 Å². The number of amides is 2. The molecule has 4 rings (SSSR count). The normalized spacial score (nSPS) is 22.8. The molecule has 8 nitrogen and oxygen atoms in total. The van der Waals surface area contributed by atoms with Crippen molar-refractivity contribution >= 4 is 11.8 Å². The Morgan fingerprint density at radius 3 is 2.88 bits per heavy atom. The molecule has 1 saturated heterocycles. The molecule has 1 aliphatic heterocycles. The first kappa shape index (κ1) is 16.8. The second kappa shape index (κ2) is 6.95. The molecule has 3 heterocycles. The fraction of sp³-hybridized carbons (Fsp3) is 0.500. The van der Waals surface area contributed by atoms with E-state index < -0.39 is 0 Å². The monoisotopic (exact) mass is 357 g/mol. The van der Waals surface area contributed by atoms with Crippen LogP contribution in [0.25, 0.3) is 0 Å². The standard InChI is InChI=1S/C18H23N5O3/c1-22-15(6-7-21-22)18-14(9-17(25)23(18)12-4-5-12)19-11-16(24)20-10-13-3-2-8-26-13/h2-3,6-8,12,14,18-19H,4-5,9-11H2,1H3,(H,20,24)/t14-,18-/m1/s1. The summed E-state index contributed by atoms with van der Waals surface area (Å²) < 4.78 is 7.02. The lowest BCUT2D eigenvalue weighted by molar-refractivity contribution is -0.129. The number of nitrogens with one attached hydrogen (secondary N) is 2. The van der Waals surface area contributed by atoms with Crippen LogP contribution >= 0.6 is 0 Å². The Morgan fingerprint density at radius 1 is 1.38 bits per heavy atom. The summed E-state index contributed by atoms with van der Waals surface area (Å²) in [6, 6.07) is 5.68.